The van der Waals surface area contributed by atoms with Crippen molar-refractivity contribution in [1.82, 2.24) is 0 Å². The molecular weight excluding hydrogens is 572 g/mol. The Morgan fingerprint density at radius 3 is 1.96 bits per heavy atom. The third-order valence-corrected chi connectivity index (χ3v) is 10.1. The summed E-state index contributed by atoms with van der Waals surface area (Å²) in [5.74, 6) is -0.295. The van der Waals surface area contributed by atoms with Gasteiger partial charge in [-0.3, -0.25) is 0 Å². The van der Waals surface area contributed by atoms with Crippen molar-refractivity contribution < 1.29 is 39.4 Å². The first-order chi connectivity index (χ1) is 21.8. The van der Waals surface area contributed by atoms with E-state index in [1.54, 1.807) is 6.08 Å². The number of carbonyl (C=O) groups excluding carboxylic acids is 1. The summed E-state index contributed by atoms with van der Waals surface area (Å²) >= 11 is 0. The molecule has 0 bridgehead atoms. The van der Waals surface area contributed by atoms with Crippen LogP contribution in [0.4, 0.5) is 0 Å². The van der Waals surface area contributed by atoms with E-state index in [0.717, 1.165) is 64.2 Å². The molecule has 0 aromatic rings. The minimum atomic E-state index is -0.633. The predicted molar refractivity (Wildman–Crippen MR) is 177 cm³/mol. The van der Waals surface area contributed by atoms with Crippen LogP contribution in [0.3, 0.4) is 0 Å². The molecule has 3 rings (SSSR count). The van der Waals surface area contributed by atoms with Crippen molar-refractivity contribution in [2.75, 3.05) is 0 Å². The van der Waals surface area contributed by atoms with Crippen LogP contribution in [0.5, 0.6) is 0 Å². The molecule has 3 aliphatic rings. The normalized spacial score (nSPS) is 29.0. The predicted octanol–water partition coefficient (Wildman–Crippen LogP) is 6.83. The van der Waals surface area contributed by atoms with Gasteiger partial charge in [-0.1, -0.05) is 90.4 Å². The summed E-state index contributed by atoms with van der Waals surface area (Å²) in [6, 6.07) is 0. The van der Waals surface area contributed by atoms with E-state index in [9.17, 15) is 25.2 Å². The maximum atomic E-state index is 11.7. The highest BCUT2D eigenvalue weighted by Gasteiger charge is 2.35. The molecule has 0 saturated carbocycles. The highest BCUT2D eigenvalue weighted by Crippen LogP contribution is 2.30. The van der Waals surface area contributed by atoms with Crippen molar-refractivity contribution in [3.63, 3.8) is 0 Å². The molecule has 0 amide bonds. The molecule has 6 unspecified atom stereocenters. The molecule has 8 nitrogen and oxygen atoms in total. The molecular formula is C37H66O8. The van der Waals surface area contributed by atoms with Gasteiger partial charge in [0.05, 0.1) is 48.8 Å². The Hall–Kier alpha value is -1.03. The number of carbonyl (C=O) groups is 1. The highest BCUT2D eigenvalue weighted by molar-refractivity contribution is 5.90. The van der Waals surface area contributed by atoms with Crippen molar-refractivity contribution in [2.24, 2.45) is 0 Å². The van der Waals surface area contributed by atoms with Crippen LogP contribution in [0.1, 0.15) is 162 Å². The minimum absolute atomic E-state index is 0.164. The Balaban J connectivity index is 1.19. The smallest absolute Gasteiger partial charge is 0.334 e. The molecule has 262 valence electrons. The zero-order valence-electron chi connectivity index (χ0n) is 28.5. The average Bonchev–Trinajstić information content (AvgIpc) is 3.62. The van der Waals surface area contributed by atoms with Gasteiger partial charge >= 0.3 is 5.97 Å². The monoisotopic (exact) mass is 638 g/mol. The second-order valence-corrected chi connectivity index (χ2v) is 14.2. The fourth-order valence-electron chi connectivity index (χ4n) is 7.29. The molecule has 9 atom stereocenters. The summed E-state index contributed by atoms with van der Waals surface area (Å²) in [6.07, 6.45) is 21.4. The summed E-state index contributed by atoms with van der Waals surface area (Å²) in [6.45, 7) is 4.07. The van der Waals surface area contributed by atoms with Gasteiger partial charge in [0.2, 0.25) is 0 Å². The van der Waals surface area contributed by atoms with Crippen LogP contribution >= 0.6 is 0 Å². The van der Waals surface area contributed by atoms with E-state index in [1.165, 1.54) is 44.9 Å². The number of hydrogen-bond donors (Lipinski definition) is 4. The van der Waals surface area contributed by atoms with Gasteiger partial charge in [0.1, 0.15) is 6.10 Å². The minimum Gasteiger partial charge on any atom is -0.455 e. The Kier molecular flexibility index (Phi) is 18.6. The third-order valence-electron chi connectivity index (χ3n) is 10.1. The summed E-state index contributed by atoms with van der Waals surface area (Å²) in [5.41, 5.74) is 0.600. The SMILES string of the molecule is CCCCCCCCCCC1OC([C@@H](O)CC[C@H](O)C2CC[C@@H](CCCCCCCC(O)CC3=CC(C)OC3=O)O2)CCC1O. The summed E-state index contributed by atoms with van der Waals surface area (Å²) in [7, 11) is 0. The zero-order chi connectivity index (χ0) is 32.4. The molecule has 45 heavy (non-hydrogen) atoms. The number of hydrogen-bond acceptors (Lipinski definition) is 8. The van der Waals surface area contributed by atoms with Gasteiger partial charge in [-0.2, -0.15) is 0 Å². The maximum absolute atomic E-state index is 11.7. The average molecular weight is 639 g/mol. The summed E-state index contributed by atoms with van der Waals surface area (Å²) in [5, 5.41) is 42.4. The standard InChI is InChI=1S/C37H66O8/c1-3-4-5-6-7-8-12-15-18-34-33(41)22-24-36(45-34)32(40)21-20-31(39)35-23-19-30(44-35)17-14-11-9-10-13-16-29(38)26-28-25-27(2)43-37(28)42/h25,27,29-36,38-41H,3-24,26H2,1-2H3/t27?,29?,30-,31+,32+,33?,34?,35?,36?/m1/s1. The Bertz CT molecular complexity index is 833. The first-order valence-electron chi connectivity index (χ1n) is 18.7. The van der Waals surface area contributed by atoms with Gasteiger partial charge in [0.25, 0.3) is 0 Å². The third kappa shape index (κ3) is 14.7. The van der Waals surface area contributed by atoms with Crippen LogP contribution in [0.25, 0.3) is 0 Å². The zero-order valence-corrected chi connectivity index (χ0v) is 28.5. The van der Waals surface area contributed by atoms with Crippen molar-refractivity contribution in [3.05, 3.63) is 11.6 Å². The highest BCUT2D eigenvalue weighted by atomic mass is 16.5. The van der Waals surface area contributed by atoms with Gasteiger partial charge in [-0.15, -0.1) is 0 Å². The maximum Gasteiger partial charge on any atom is 0.334 e. The number of aliphatic hydroxyl groups excluding tert-OH is 4. The number of rotatable bonds is 24. The molecule has 4 N–H and O–H groups in total. The molecule has 2 saturated heterocycles. The van der Waals surface area contributed by atoms with E-state index in [0.29, 0.717) is 44.1 Å². The van der Waals surface area contributed by atoms with Crippen LogP contribution in [0, 0.1) is 0 Å². The number of cyclic esters (lactones) is 1. The number of aliphatic hydroxyl groups is 4. The van der Waals surface area contributed by atoms with E-state index in [2.05, 4.69) is 6.92 Å². The molecule has 8 heteroatoms. The van der Waals surface area contributed by atoms with Gasteiger partial charge in [0, 0.05) is 12.0 Å². The molecule has 3 aliphatic heterocycles. The second-order valence-electron chi connectivity index (χ2n) is 14.2. The Labute approximate surface area is 273 Å². The topological polar surface area (TPSA) is 126 Å². The van der Waals surface area contributed by atoms with E-state index in [1.807, 2.05) is 6.92 Å². The molecule has 0 aromatic heterocycles. The number of esters is 1. The fourth-order valence-corrected chi connectivity index (χ4v) is 7.29. The molecule has 0 spiro atoms. The lowest BCUT2D eigenvalue weighted by molar-refractivity contribution is -0.156. The lowest BCUT2D eigenvalue weighted by Crippen LogP contribution is -2.44. The van der Waals surface area contributed by atoms with Crippen molar-refractivity contribution >= 4 is 5.97 Å². The molecule has 3 heterocycles. The lowest BCUT2D eigenvalue weighted by atomic mass is 9.92. The van der Waals surface area contributed by atoms with Crippen molar-refractivity contribution in [2.45, 2.75) is 216 Å². The lowest BCUT2D eigenvalue weighted by Gasteiger charge is -2.36. The molecule has 2 fully saturated rings. The second kappa shape index (κ2) is 21.8. The Morgan fingerprint density at radius 2 is 1.31 bits per heavy atom. The van der Waals surface area contributed by atoms with Gasteiger partial charge in [-0.25, -0.2) is 4.79 Å². The van der Waals surface area contributed by atoms with Gasteiger partial charge in [-0.05, 0) is 70.8 Å². The quantitative estimate of drug-likeness (QED) is 0.0670. The van der Waals surface area contributed by atoms with Crippen LogP contribution in [0.15, 0.2) is 11.6 Å². The molecule has 0 aliphatic carbocycles. The van der Waals surface area contributed by atoms with E-state index >= 15 is 0 Å². The summed E-state index contributed by atoms with van der Waals surface area (Å²) in [4.78, 5) is 11.7. The van der Waals surface area contributed by atoms with Crippen LogP contribution in [0.2, 0.25) is 0 Å². The van der Waals surface area contributed by atoms with Crippen molar-refractivity contribution in [1.29, 1.82) is 0 Å². The van der Waals surface area contributed by atoms with E-state index in [-0.39, 0.29) is 36.5 Å². The van der Waals surface area contributed by atoms with Crippen LogP contribution in [-0.4, -0.2) is 81.3 Å². The fraction of sp³-hybridized carbons (Fsp3) is 0.919. The van der Waals surface area contributed by atoms with E-state index < -0.39 is 24.4 Å². The number of ether oxygens (including phenoxy) is 3. The number of unbranched alkanes of at least 4 members (excludes halogenated alkanes) is 11. The van der Waals surface area contributed by atoms with Crippen LogP contribution < -0.4 is 0 Å². The van der Waals surface area contributed by atoms with Crippen LogP contribution in [-0.2, 0) is 19.0 Å². The summed E-state index contributed by atoms with van der Waals surface area (Å²) < 4.78 is 17.5. The molecule has 0 radical (unpaired) electrons. The largest absolute Gasteiger partial charge is 0.455 e. The first-order valence-corrected chi connectivity index (χ1v) is 18.7. The van der Waals surface area contributed by atoms with Crippen molar-refractivity contribution in [3.8, 4) is 0 Å². The Morgan fingerprint density at radius 1 is 0.733 bits per heavy atom. The van der Waals surface area contributed by atoms with Gasteiger partial charge in [0.15, 0.2) is 0 Å². The molecule has 0 aromatic carbocycles. The van der Waals surface area contributed by atoms with E-state index in [4.69, 9.17) is 14.2 Å². The first kappa shape index (κ1) is 38.4. The van der Waals surface area contributed by atoms with Gasteiger partial charge < -0.3 is 34.6 Å².